The van der Waals surface area contributed by atoms with Gasteiger partial charge in [-0.15, -0.1) is 6.42 Å². The Hall–Kier alpha value is -2.06. The minimum atomic E-state index is -0.900. The van der Waals surface area contributed by atoms with E-state index in [9.17, 15) is 14.3 Å². The summed E-state index contributed by atoms with van der Waals surface area (Å²) in [6.07, 6.45) is 5.10. The monoisotopic (exact) mass is 251 g/mol. The second-order valence-electron chi connectivity index (χ2n) is 3.51. The minimum Gasteiger partial charge on any atom is -0.508 e. The Labute approximate surface area is 105 Å². The van der Waals surface area contributed by atoms with Crippen molar-refractivity contribution in [3.63, 3.8) is 0 Å². The third-order valence-electron chi connectivity index (χ3n) is 2.17. The van der Waals surface area contributed by atoms with Gasteiger partial charge in [-0.05, 0) is 24.6 Å². The van der Waals surface area contributed by atoms with Gasteiger partial charge in [-0.25, -0.2) is 9.18 Å². The normalized spacial score (nSPS) is 11.6. The molecule has 0 heterocycles. The lowest BCUT2D eigenvalue weighted by atomic mass is 10.1. The summed E-state index contributed by atoms with van der Waals surface area (Å²) in [7, 11) is 0. The molecule has 0 aliphatic rings. The van der Waals surface area contributed by atoms with Gasteiger partial charge in [0.2, 0.25) is 0 Å². The van der Waals surface area contributed by atoms with Gasteiger partial charge in [0.25, 0.3) is 0 Å². The zero-order valence-electron chi connectivity index (χ0n) is 9.94. The summed E-state index contributed by atoms with van der Waals surface area (Å²) in [5.74, 6) is 0.848. The van der Waals surface area contributed by atoms with Gasteiger partial charge in [-0.3, -0.25) is 5.32 Å². The number of halogens is 1. The van der Waals surface area contributed by atoms with Crippen molar-refractivity contribution in [2.45, 2.75) is 13.0 Å². The summed E-state index contributed by atoms with van der Waals surface area (Å²) in [6.45, 7) is 1.99. The van der Waals surface area contributed by atoms with Crippen molar-refractivity contribution in [3.8, 4) is 18.1 Å². The molecule has 1 rings (SSSR count). The molecule has 0 aliphatic heterocycles. The van der Waals surface area contributed by atoms with E-state index < -0.39 is 17.8 Å². The average Bonchev–Trinajstić information content (AvgIpc) is 2.28. The second kappa shape index (κ2) is 6.62. The van der Waals surface area contributed by atoms with Crippen molar-refractivity contribution in [3.05, 3.63) is 29.6 Å². The molecular weight excluding hydrogens is 237 g/mol. The first kappa shape index (κ1) is 14.0. The predicted octanol–water partition coefficient (Wildman–Crippen LogP) is 1.36. The SMILES string of the molecule is C#CCNC(C(=O)OCC)c1cc(O)cc(F)c1. The number of terminal acetylenes is 1. The maximum Gasteiger partial charge on any atom is 0.327 e. The van der Waals surface area contributed by atoms with Crippen LogP contribution in [0.3, 0.4) is 0 Å². The first-order valence-electron chi connectivity index (χ1n) is 5.41. The van der Waals surface area contributed by atoms with Gasteiger partial charge in [0.05, 0.1) is 13.2 Å². The predicted molar refractivity (Wildman–Crippen MR) is 64.3 cm³/mol. The van der Waals surface area contributed by atoms with Crippen LogP contribution in [0, 0.1) is 18.2 Å². The summed E-state index contributed by atoms with van der Waals surface area (Å²) in [5.41, 5.74) is 0.265. The number of benzene rings is 1. The molecule has 0 aromatic heterocycles. The first-order valence-corrected chi connectivity index (χ1v) is 5.41. The number of phenols is 1. The molecule has 1 atom stereocenters. The van der Waals surface area contributed by atoms with Crippen molar-refractivity contribution in [1.29, 1.82) is 0 Å². The van der Waals surface area contributed by atoms with Crippen LogP contribution in [0.5, 0.6) is 5.75 Å². The van der Waals surface area contributed by atoms with Gasteiger partial charge >= 0.3 is 5.97 Å². The maximum atomic E-state index is 13.2. The Balaban J connectivity index is 3.01. The number of ether oxygens (including phenoxy) is 1. The number of carbonyl (C=O) groups is 1. The Morgan fingerprint density at radius 2 is 2.33 bits per heavy atom. The molecule has 0 amide bonds. The number of aromatic hydroxyl groups is 1. The van der Waals surface area contributed by atoms with Crippen LogP contribution in [0.2, 0.25) is 0 Å². The van der Waals surface area contributed by atoms with Crippen LogP contribution in [-0.2, 0) is 9.53 Å². The molecule has 0 spiro atoms. The summed E-state index contributed by atoms with van der Waals surface area (Å²) < 4.78 is 18.0. The lowest BCUT2D eigenvalue weighted by Gasteiger charge is -2.16. The highest BCUT2D eigenvalue weighted by atomic mass is 19.1. The molecule has 0 saturated carbocycles. The Bertz CT molecular complexity index is 448. The summed E-state index contributed by atoms with van der Waals surface area (Å²) in [4.78, 5) is 11.7. The Morgan fingerprint density at radius 3 is 2.89 bits per heavy atom. The molecule has 4 nitrogen and oxygen atoms in total. The van der Waals surface area contributed by atoms with Gasteiger partial charge in [0, 0.05) is 6.07 Å². The van der Waals surface area contributed by atoms with Crippen molar-refractivity contribution < 1.29 is 19.0 Å². The summed E-state index contributed by atoms with van der Waals surface area (Å²) in [6, 6.07) is 2.48. The highest BCUT2D eigenvalue weighted by Gasteiger charge is 2.22. The van der Waals surface area contributed by atoms with E-state index in [-0.39, 0.29) is 24.5 Å². The smallest absolute Gasteiger partial charge is 0.327 e. The van der Waals surface area contributed by atoms with E-state index in [1.165, 1.54) is 6.07 Å². The van der Waals surface area contributed by atoms with Crippen LogP contribution in [0.4, 0.5) is 4.39 Å². The van der Waals surface area contributed by atoms with Crippen molar-refractivity contribution in [2.75, 3.05) is 13.2 Å². The van der Waals surface area contributed by atoms with Crippen molar-refractivity contribution >= 4 is 5.97 Å². The van der Waals surface area contributed by atoms with Gasteiger partial charge in [0.1, 0.15) is 17.6 Å². The van der Waals surface area contributed by atoms with Crippen molar-refractivity contribution in [2.24, 2.45) is 0 Å². The van der Waals surface area contributed by atoms with Gasteiger partial charge in [0.15, 0.2) is 0 Å². The number of nitrogens with one attached hydrogen (secondary N) is 1. The first-order chi connectivity index (χ1) is 8.58. The number of hydrogen-bond acceptors (Lipinski definition) is 4. The van der Waals surface area contributed by atoms with E-state index in [0.717, 1.165) is 12.1 Å². The standard InChI is InChI=1S/C13H14FNO3/c1-3-5-15-12(13(17)18-4-2)9-6-10(14)8-11(16)7-9/h1,6-8,12,15-16H,4-5H2,2H3. The fourth-order valence-electron chi connectivity index (χ4n) is 1.49. The Kier molecular flexibility index (Phi) is 5.15. The third kappa shape index (κ3) is 3.75. The minimum absolute atomic E-state index is 0.126. The second-order valence-corrected chi connectivity index (χ2v) is 3.51. The van der Waals surface area contributed by atoms with Crippen LogP contribution in [0.15, 0.2) is 18.2 Å². The van der Waals surface area contributed by atoms with Crippen LogP contribution >= 0.6 is 0 Å². The molecule has 5 heteroatoms. The molecule has 2 N–H and O–H groups in total. The fourth-order valence-corrected chi connectivity index (χ4v) is 1.49. The van der Waals surface area contributed by atoms with Gasteiger partial charge in [-0.1, -0.05) is 5.92 Å². The quantitative estimate of drug-likeness (QED) is 0.613. The highest BCUT2D eigenvalue weighted by Crippen LogP contribution is 2.21. The molecule has 0 aliphatic carbocycles. The topological polar surface area (TPSA) is 58.6 Å². The number of esters is 1. The van der Waals surface area contributed by atoms with Crippen LogP contribution in [0.25, 0.3) is 0 Å². The van der Waals surface area contributed by atoms with Crippen LogP contribution in [-0.4, -0.2) is 24.2 Å². The van der Waals surface area contributed by atoms with E-state index in [2.05, 4.69) is 11.2 Å². The average molecular weight is 251 g/mol. The third-order valence-corrected chi connectivity index (χ3v) is 2.17. The van der Waals surface area contributed by atoms with Crippen LogP contribution < -0.4 is 5.32 Å². The van der Waals surface area contributed by atoms with Crippen LogP contribution in [0.1, 0.15) is 18.5 Å². The molecule has 1 unspecified atom stereocenters. The Morgan fingerprint density at radius 1 is 1.61 bits per heavy atom. The maximum absolute atomic E-state index is 13.2. The van der Waals surface area contributed by atoms with E-state index in [0.29, 0.717) is 0 Å². The number of hydrogen-bond donors (Lipinski definition) is 2. The number of phenolic OH excluding ortho intramolecular Hbond substituents is 1. The lowest BCUT2D eigenvalue weighted by Crippen LogP contribution is -2.30. The van der Waals surface area contributed by atoms with E-state index in [1.807, 2.05) is 0 Å². The zero-order valence-corrected chi connectivity index (χ0v) is 9.94. The molecule has 0 radical (unpaired) electrons. The molecule has 0 saturated heterocycles. The molecule has 1 aromatic rings. The molecule has 0 fully saturated rings. The molecule has 1 aromatic carbocycles. The summed E-state index contributed by atoms with van der Waals surface area (Å²) >= 11 is 0. The van der Waals surface area contributed by atoms with Crippen molar-refractivity contribution in [1.82, 2.24) is 5.32 Å². The van der Waals surface area contributed by atoms with Gasteiger partial charge < -0.3 is 9.84 Å². The number of rotatable bonds is 5. The van der Waals surface area contributed by atoms with E-state index in [1.54, 1.807) is 6.92 Å². The van der Waals surface area contributed by atoms with Gasteiger partial charge in [-0.2, -0.15) is 0 Å². The number of carbonyl (C=O) groups excluding carboxylic acids is 1. The fraction of sp³-hybridized carbons (Fsp3) is 0.308. The molecule has 18 heavy (non-hydrogen) atoms. The van der Waals surface area contributed by atoms with E-state index >= 15 is 0 Å². The molecule has 0 bridgehead atoms. The largest absolute Gasteiger partial charge is 0.508 e. The molecular formula is C13H14FNO3. The highest BCUT2D eigenvalue weighted by molar-refractivity contribution is 5.77. The molecule has 96 valence electrons. The lowest BCUT2D eigenvalue weighted by molar-refractivity contribution is -0.145. The zero-order chi connectivity index (χ0) is 13.5. The summed E-state index contributed by atoms with van der Waals surface area (Å²) in [5, 5.41) is 12.1. The van der Waals surface area contributed by atoms with E-state index in [4.69, 9.17) is 11.2 Å².